The van der Waals surface area contributed by atoms with E-state index in [1.807, 2.05) is 6.26 Å². The molecule has 2 aromatic rings. The van der Waals surface area contributed by atoms with Gasteiger partial charge in [0.1, 0.15) is 5.39 Å². The molecule has 0 radical (unpaired) electrons. The molecule has 0 aliphatic carbocycles. The molecule has 0 fully saturated rings. The number of anilines is 1. The smallest absolute Gasteiger partial charge is 0.264 e. The normalized spacial score (nSPS) is 10.8. The zero-order valence-electron chi connectivity index (χ0n) is 6.31. The van der Waals surface area contributed by atoms with Crippen LogP contribution in [0.15, 0.2) is 15.9 Å². The van der Waals surface area contributed by atoms with Gasteiger partial charge in [-0.2, -0.15) is 4.98 Å². The van der Waals surface area contributed by atoms with Gasteiger partial charge >= 0.3 is 0 Å². The summed E-state index contributed by atoms with van der Waals surface area (Å²) in [6.07, 6.45) is 3.50. The quantitative estimate of drug-likeness (QED) is 0.522. The van der Waals surface area contributed by atoms with Gasteiger partial charge in [-0.3, -0.25) is 0 Å². The molecule has 0 atom stereocenters. The first-order valence-corrected chi connectivity index (χ1v) is 4.45. The fourth-order valence-corrected chi connectivity index (χ4v) is 1.17. The SMILES string of the molecule is CSc1ncc2c(N)noc2n1. The first-order chi connectivity index (χ1) is 5.81. The number of thioether (sulfide) groups is 1. The molecule has 0 aliphatic heterocycles. The van der Waals surface area contributed by atoms with Crippen LogP contribution < -0.4 is 5.73 Å². The van der Waals surface area contributed by atoms with Crippen LogP contribution in [0.4, 0.5) is 5.82 Å². The molecule has 6 heteroatoms. The van der Waals surface area contributed by atoms with E-state index in [2.05, 4.69) is 15.1 Å². The molecule has 0 aromatic carbocycles. The van der Waals surface area contributed by atoms with Crippen LogP contribution in [0.5, 0.6) is 0 Å². The van der Waals surface area contributed by atoms with Crippen LogP contribution in [0.3, 0.4) is 0 Å². The molecule has 0 amide bonds. The highest BCUT2D eigenvalue weighted by Gasteiger charge is 2.06. The zero-order valence-corrected chi connectivity index (χ0v) is 7.13. The molecule has 0 unspecified atom stereocenters. The molecule has 0 saturated heterocycles. The average Bonchev–Trinajstić information content (AvgIpc) is 2.47. The van der Waals surface area contributed by atoms with Crippen molar-refractivity contribution in [3.63, 3.8) is 0 Å². The second-order valence-electron chi connectivity index (χ2n) is 2.14. The van der Waals surface area contributed by atoms with Crippen LogP contribution in [-0.4, -0.2) is 21.4 Å². The molecule has 12 heavy (non-hydrogen) atoms. The van der Waals surface area contributed by atoms with Gasteiger partial charge in [0, 0.05) is 6.20 Å². The molecular weight excluding hydrogens is 176 g/mol. The van der Waals surface area contributed by atoms with Gasteiger partial charge in [-0.25, -0.2) is 4.98 Å². The van der Waals surface area contributed by atoms with Crippen LogP contribution in [0.1, 0.15) is 0 Å². The van der Waals surface area contributed by atoms with E-state index in [0.717, 1.165) is 0 Å². The number of nitrogens with zero attached hydrogens (tertiary/aromatic N) is 3. The van der Waals surface area contributed by atoms with Crippen molar-refractivity contribution >= 4 is 28.7 Å². The summed E-state index contributed by atoms with van der Waals surface area (Å²) < 4.78 is 4.85. The summed E-state index contributed by atoms with van der Waals surface area (Å²) in [5.41, 5.74) is 5.91. The van der Waals surface area contributed by atoms with E-state index in [1.54, 1.807) is 6.20 Å². The maximum atomic E-state index is 5.48. The Morgan fingerprint density at radius 3 is 3.17 bits per heavy atom. The van der Waals surface area contributed by atoms with E-state index in [0.29, 0.717) is 22.1 Å². The Hall–Kier alpha value is -1.30. The molecular formula is C6H6N4OS. The first kappa shape index (κ1) is 7.35. The molecule has 5 nitrogen and oxygen atoms in total. The van der Waals surface area contributed by atoms with Crippen molar-refractivity contribution in [3.8, 4) is 0 Å². The summed E-state index contributed by atoms with van der Waals surface area (Å²) in [5, 5.41) is 4.87. The highest BCUT2D eigenvalue weighted by molar-refractivity contribution is 7.98. The fraction of sp³-hybridized carbons (Fsp3) is 0.167. The van der Waals surface area contributed by atoms with E-state index in [1.165, 1.54) is 11.8 Å². The maximum Gasteiger partial charge on any atom is 0.264 e. The summed E-state index contributed by atoms with van der Waals surface area (Å²) in [6, 6.07) is 0. The summed E-state index contributed by atoms with van der Waals surface area (Å²) in [4.78, 5) is 8.09. The third kappa shape index (κ3) is 1.00. The van der Waals surface area contributed by atoms with Crippen molar-refractivity contribution < 1.29 is 4.52 Å². The molecule has 2 N–H and O–H groups in total. The van der Waals surface area contributed by atoms with E-state index in [9.17, 15) is 0 Å². The maximum absolute atomic E-state index is 5.48. The highest BCUT2D eigenvalue weighted by atomic mass is 32.2. The Morgan fingerprint density at radius 1 is 1.58 bits per heavy atom. The van der Waals surface area contributed by atoms with Crippen molar-refractivity contribution in [3.05, 3.63) is 6.20 Å². The van der Waals surface area contributed by atoms with E-state index in [4.69, 9.17) is 10.3 Å². The predicted molar refractivity (Wildman–Crippen MR) is 45.8 cm³/mol. The molecule has 2 rings (SSSR count). The highest BCUT2D eigenvalue weighted by Crippen LogP contribution is 2.19. The van der Waals surface area contributed by atoms with Gasteiger partial charge < -0.3 is 10.3 Å². The van der Waals surface area contributed by atoms with Gasteiger partial charge in [-0.15, -0.1) is 0 Å². The van der Waals surface area contributed by atoms with Crippen LogP contribution in [0.2, 0.25) is 0 Å². The summed E-state index contributed by atoms with van der Waals surface area (Å²) >= 11 is 1.44. The number of hydrogen-bond donors (Lipinski definition) is 1. The van der Waals surface area contributed by atoms with E-state index in [-0.39, 0.29) is 0 Å². The number of nitrogens with two attached hydrogens (primary N) is 1. The lowest BCUT2D eigenvalue weighted by Crippen LogP contribution is -1.87. The van der Waals surface area contributed by atoms with Gasteiger partial charge in [0.25, 0.3) is 5.71 Å². The number of hydrogen-bond acceptors (Lipinski definition) is 6. The van der Waals surface area contributed by atoms with Crippen molar-refractivity contribution in [2.75, 3.05) is 12.0 Å². The lowest BCUT2D eigenvalue weighted by Gasteiger charge is -1.90. The average molecular weight is 182 g/mol. The van der Waals surface area contributed by atoms with Crippen molar-refractivity contribution in [2.24, 2.45) is 0 Å². The minimum absolute atomic E-state index is 0.331. The topological polar surface area (TPSA) is 77.8 Å². The molecule has 2 aromatic heterocycles. The van der Waals surface area contributed by atoms with Crippen molar-refractivity contribution in [1.29, 1.82) is 0 Å². The molecule has 62 valence electrons. The third-order valence-electron chi connectivity index (χ3n) is 1.42. The van der Waals surface area contributed by atoms with Crippen LogP contribution >= 0.6 is 11.8 Å². The number of rotatable bonds is 1. The van der Waals surface area contributed by atoms with Crippen molar-refractivity contribution in [1.82, 2.24) is 15.1 Å². The van der Waals surface area contributed by atoms with Gasteiger partial charge in [0.05, 0.1) is 0 Å². The lowest BCUT2D eigenvalue weighted by molar-refractivity contribution is 0.450. The minimum atomic E-state index is 0.331. The Balaban J connectivity index is 2.69. The summed E-state index contributed by atoms with van der Waals surface area (Å²) in [6.45, 7) is 0. The largest absolute Gasteiger partial charge is 0.380 e. The van der Waals surface area contributed by atoms with Gasteiger partial charge in [-0.1, -0.05) is 16.9 Å². The number of fused-ring (bicyclic) bond motifs is 1. The zero-order chi connectivity index (χ0) is 8.55. The Morgan fingerprint density at radius 2 is 2.42 bits per heavy atom. The first-order valence-electron chi connectivity index (χ1n) is 3.23. The van der Waals surface area contributed by atoms with Gasteiger partial charge in [-0.05, 0) is 6.26 Å². The molecule has 0 spiro atoms. The van der Waals surface area contributed by atoms with Gasteiger partial charge in [0.15, 0.2) is 11.0 Å². The van der Waals surface area contributed by atoms with Gasteiger partial charge in [0.2, 0.25) is 0 Å². The Kier molecular flexibility index (Phi) is 1.61. The van der Waals surface area contributed by atoms with E-state index < -0.39 is 0 Å². The molecule has 2 heterocycles. The Labute approximate surface area is 72.3 Å². The standard InChI is InChI=1S/C6H6N4OS/c1-12-6-8-2-3-4(7)10-11-5(3)9-6/h2H,1H3,(H2,7,10). The van der Waals surface area contributed by atoms with E-state index >= 15 is 0 Å². The number of nitrogen functional groups attached to an aromatic ring is 1. The second-order valence-corrected chi connectivity index (χ2v) is 2.92. The van der Waals surface area contributed by atoms with Crippen molar-refractivity contribution in [2.45, 2.75) is 5.16 Å². The summed E-state index contributed by atoms with van der Waals surface area (Å²) in [7, 11) is 0. The molecule has 0 saturated carbocycles. The minimum Gasteiger partial charge on any atom is -0.380 e. The van der Waals surface area contributed by atoms with Crippen LogP contribution in [-0.2, 0) is 0 Å². The van der Waals surface area contributed by atoms with Crippen LogP contribution in [0, 0.1) is 0 Å². The molecule has 0 bridgehead atoms. The third-order valence-corrected chi connectivity index (χ3v) is 1.98. The predicted octanol–water partition coefficient (Wildman–Crippen LogP) is 0.922. The molecule has 0 aliphatic rings. The number of aromatic nitrogens is 3. The van der Waals surface area contributed by atoms with Crippen LogP contribution in [0.25, 0.3) is 11.1 Å². The monoisotopic (exact) mass is 182 g/mol. The summed E-state index contributed by atoms with van der Waals surface area (Å²) in [5.74, 6) is 0.331. The Bertz CT molecular complexity index is 413. The fourth-order valence-electron chi connectivity index (χ4n) is 0.836. The lowest BCUT2D eigenvalue weighted by atomic mass is 10.4. The second kappa shape index (κ2) is 2.63.